The monoisotopic (exact) mass is 368 g/mol. The fourth-order valence-electron chi connectivity index (χ4n) is 1.65. The summed E-state index contributed by atoms with van der Waals surface area (Å²) in [5, 5.41) is 3.18. The van der Waals surface area contributed by atoms with E-state index in [1.807, 2.05) is 18.2 Å². The SMILES string of the molecule is CC(Oc1ccccc1Br)C(=O)Nc1ccc(Cl)c(N)c1. The van der Waals surface area contributed by atoms with Crippen LogP contribution >= 0.6 is 27.5 Å². The Hall–Kier alpha value is -1.72. The second kappa shape index (κ2) is 6.83. The number of rotatable bonds is 4. The smallest absolute Gasteiger partial charge is 0.265 e. The number of carbonyl (C=O) groups is 1. The van der Waals surface area contributed by atoms with Crippen LogP contribution < -0.4 is 15.8 Å². The molecular weight excluding hydrogens is 356 g/mol. The van der Waals surface area contributed by atoms with E-state index in [0.717, 1.165) is 4.47 Å². The van der Waals surface area contributed by atoms with E-state index in [-0.39, 0.29) is 5.91 Å². The molecule has 1 unspecified atom stereocenters. The maximum atomic E-state index is 12.1. The molecule has 6 heteroatoms. The van der Waals surface area contributed by atoms with Gasteiger partial charge in [-0.1, -0.05) is 23.7 Å². The van der Waals surface area contributed by atoms with Crippen molar-refractivity contribution >= 4 is 44.8 Å². The number of hydrogen-bond donors (Lipinski definition) is 2. The van der Waals surface area contributed by atoms with E-state index in [1.165, 1.54) is 0 Å². The molecule has 2 aromatic rings. The summed E-state index contributed by atoms with van der Waals surface area (Å²) in [5.41, 5.74) is 6.68. The van der Waals surface area contributed by atoms with Crippen LogP contribution in [-0.2, 0) is 4.79 Å². The van der Waals surface area contributed by atoms with Crippen LogP contribution in [0.3, 0.4) is 0 Å². The molecule has 21 heavy (non-hydrogen) atoms. The van der Waals surface area contributed by atoms with Crippen LogP contribution in [-0.4, -0.2) is 12.0 Å². The molecule has 1 atom stereocenters. The first-order chi connectivity index (χ1) is 9.97. The largest absolute Gasteiger partial charge is 0.480 e. The fraction of sp³-hybridized carbons (Fsp3) is 0.133. The summed E-state index contributed by atoms with van der Waals surface area (Å²) in [6, 6.07) is 12.3. The Morgan fingerprint density at radius 3 is 2.71 bits per heavy atom. The third-order valence-corrected chi connectivity index (χ3v) is 3.77. The molecule has 0 aliphatic carbocycles. The summed E-state index contributed by atoms with van der Waals surface area (Å²) in [4.78, 5) is 12.1. The summed E-state index contributed by atoms with van der Waals surface area (Å²) < 4.78 is 6.41. The van der Waals surface area contributed by atoms with Gasteiger partial charge in [-0.05, 0) is 53.2 Å². The zero-order valence-corrected chi connectivity index (χ0v) is 13.6. The molecule has 4 nitrogen and oxygen atoms in total. The number of para-hydroxylation sites is 1. The summed E-state index contributed by atoms with van der Waals surface area (Å²) in [5.74, 6) is 0.336. The normalized spacial score (nSPS) is 11.8. The van der Waals surface area contributed by atoms with Crippen molar-refractivity contribution in [1.82, 2.24) is 0 Å². The fourth-order valence-corrected chi connectivity index (χ4v) is 2.15. The standard InChI is InChI=1S/C15H14BrClN2O2/c1-9(21-14-5-3-2-4-11(14)16)15(20)19-10-6-7-12(17)13(18)8-10/h2-9H,18H2,1H3,(H,19,20). The molecular formula is C15H14BrClN2O2. The summed E-state index contributed by atoms with van der Waals surface area (Å²) >= 11 is 9.21. The number of carbonyl (C=O) groups excluding carboxylic acids is 1. The molecule has 3 N–H and O–H groups in total. The molecule has 0 saturated heterocycles. The first-order valence-electron chi connectivity index (χ1n) is 6.24. The van der Waals surface area contributed by atoms with Gasteiger partial charge in [-0.25, -0.2) is 0 Å². The first-order valence-corrected chi connectivity index (χ1v) is 7.41. The molecule has 0 heterocycles. The lowest BCUT2D eigenvalue weighted by Crippen LogP contribution is -2.30. The lowest BCUT2D eigenvalue weighted by atomic mass is 10.2. The van der Waals surface area contributed by atoms with E-state index in [2.05, 4.69) is 21.2 Å². The molecule has 0 spiro atoms. The maximum Gasteiger partial charge on any atom is 0.265 e. The highest BCUT2D eigenvalue weighted by atomic mass is 79.9. The van der Waals surface area contributed by atoms with Crippen LogP contribution in [0, 0.1) is 0 Å². The van der Waals surface area contributed by atoms with E-state index in [9.17, 15) is 4.79 Å². The zero-order valence-electron chi connectivity index (χ0n) is 11.3. The van der Waals surface area contributed by atoms with Crippen LogP contribution in [0.25, 0.3) is 0 Å². The lowest BCUT2D eigenvalue weighted by molar-refractivity contribution is -0.122. The van der Waals surface area contributed by atoms with E-state index in [0.29, 0.717) is 22.1 Å². The van der Waals surface area contributed by atoms with Gasteiger partial charge in [-0.15, -0.1) is 0 Å². The van der Waals surface area contributed by atoms with Gasteiger partial charge in [-0.3, -0.25) is 4.79 Å². The topological polar surface area (TPSA) is 64.3 Å². The molecule has 0 saturated carbocycles. The van der Waals surface area contributed by atoms with Gasteiger partial charge in [0.05, 0.1) is 15.2 Å². The van der Waals surface area contributed by atoms with Gasteiger partial charge in [0.25, 0.3) is 5.91 Å². The van der Waals surface area contributed by atoms with Gasteiger partial charge in [-0.2, -0.15) is 0 Å². The minimum absolute atomic E-state index is 0.271. The number of ether oxygens (including phenoxy) is 1. The number of nitrogens with two attached hydrogens (primary N) is 1. The van der Waals surface area contributed by atoms with Crippen molar-refractivity contribution in [3.63, 3.8) is 0 Å². The van der Waals surface area contributed by atoms with Crippen molar-refractivity contribution in [3.8, 4) is 5.75 Å². The Morgan fingerprint density at radius 2 is 2.05 bits per heavy atom. The van der Waals surface area contributed by atoms with E-state index < -0.39 is 6.10 Å². The van der Waals surface area contributed by atoms with Gasteiger partial charge < -0.3 is 15.8 Å². The lowest BCUT2D eigenvalue weighted by Gasteiger charge is -2.16. The molecule has 0 aliphatic heterocycles. The third-order valence-electron chi connectivity index (χ3n) is 2.77. The van der Waals surface area contributed by atoms with Crippen LogP contribution in [0.5, 0.6) is 5.75 Å². The van der Waals surface area contributed by atoms with Crippen LogP contribution in [0.4, 0.5) is 11.4 Å². The molecule has 0 aliphatic rings. The Balaban J connectivity index is 2.02. The predicted molar refractivity (Wildman–Crippen MR) is 88.7 cm³/mol. The summed E-state index contributed by atoms with van der Waals surface area (Å²) in [7, 11) is 0. The van der Waals surface area contributed by atoms with Gasteiger partial charge in [0, 0.05) is 5.69 Å². The summed E-state index contributed by atoms with van der Waals surface area (Å²) in [6.07, 6.45) is -0.652. The van der Waals surface area contributed by atoms with Gasteiger partial charge >= 0.3 is 0 Å². The van der Waals surface area contributed by atoms with Crippen LogP contribution in [0.1, 0.15) is 6.92 Å². The van der Waals surface area contributed by atoms with E-state index >= 15 is 0 Å². The molecule has 0 bridgehead atoms. The number of amides is 1. The zero-order chi connectivity index (χ0) is 15.4. The highest BCUT2D eigenvalue weighted by molar-refractivity contribution is 9.10. The Bertz CT molecular complexity index is 664. The van der Waals surface area contributed by atoms with Crippen molar-refractivity contribution < 1.29 is 9.53 Å². The second-order valence-electron chi connectivity index (χ2n) is 4.42. The number of anilines is 2. The molecule has 0 radical (unpaired) electrons. The van der Waals surface area contributed by atoms with E-state index in [1.54, 1.807) is 31.2 Å². The molecule has 2 aromatic carbocycles. The van der Waals surface area contributed by atoms with Gasteiger partial charge in [0.15, 0.2) is 6.10 Å². The number of nitrogens with one attached hydrogen (secondary N) is 1. The molecule has 2 rings (SSSR count). The molecule has 110 valence electrons. The van der Waals surface area contributed by atoms with Crippen molar-refractivity contribution in [2.45, 2.75) is 13.0 Å². The van der Waals surface area contributed by atoms with Gasteiger partial charge in [0.2, 0.25) is 0 Å². The molecule has 1 amide bonds. The minimum Gasteiger partial charge on any atom is -0.480 e. The molecule has 0 fully saturated rings. The average molecular weight is 370 g/mol. The Morgan fingerprint density at radius 1 is 1.33 bits per heavy atom. The number of hydrogen-bond acceptors (Lipinski definition) is 3. The number of benzene rings is 2. The Kier molecular flexibility index (Phi) is 5.09. The predicted octanol–water partition coefficient (Wildman–Crippen LogP) is 4.09. The third kappa shape index (κ3) is 4.12. The van der Waals surface area contributed by atoms with Crippen LogP contribution in [0.15, 0.2) is 46.9 Å². The van der Waals surface area contributed by atoms with Crippen molar-refractivity contribution in [3.05, 3.63) is 52.0 Å². The maximum absolute atomic E-state index is 12.1. The second-order valence-corrected chi connectivity index (χ2v) is 5.68. The van der Waals surface area contributed by atoms with Crippen molar-refractivity contribution in [1.29, 1.82) is 0 Å². The van der Waals surface area contributed by atoms with Crippen LogP contribution in [0.2, 0.25) is 5.02 Å². The number of halogens is 2. The van der Waals surface area contributed by atoms with Gasteiger partial charge in [0.1, 0.15) is 5.75 Å². The molecule has 0 aromatic heterocycles. The average Bonchev–Trinajstić information content (AvgIpc) is 2.45. The first kappa shape index (κ1) is 15.7. The quantitative estimate of drug-likeness (QED) is 0.798. The minimum atomic E-state index is -0.652. The number of nitrogen functional groups attached to an aromatic ring is 1. The summed E-state index contributed by atoms with van der Waals surface area (Å²) in [6.45, 7) is 1.67. The van der Waals surface area contributed by atoms with Crippen molar-refractivity contribution in [2.75, 3.05) is 11.1 Å². The highest BCUT2D eigenvalue weighted by Gasteiger charge is 2.16. The van der Waals surface area contributed by atoms with Crippen molar-refractivity contribution in [2.24, 2.45) is 0 Å². The highest BCUT2D eigenvalue weighted by Crippen LogP contribution is 2.25. The Labute approximate surface area is 136 Å². The van der Waals surface area contributed by atoms with E-state index in [4.69, 9.17) is 22.1 Å².